The van der Waals surface area contributed by atoms with Gasteiger partial charge in [-0.15, -0.1) is 0 Å². The van der Waals surface area contributed by atoms with Crippen molar-refractivity contribution in [3.05, 3.63) is 47.7 Å². The van der Waals surface area contributed by atoms with Gasteiger partial charge in [0.2, 0.25) is 0 Å². The zero-order chi connectivity index (χ0) is 14.0. The molecule has 0 aromatic heterocycles. The van der Waals surface area contributed by atoms with Gasteiger partial charge in [0.1, 0.15) is 0 Å². The topological polar surface area (TPSA) is 86.7 Å². The SMILES string of the molecule is CCN1C=C(C(=O)O)C(c2ccccc2)NS1(=O)=O. The summed E-state index contributed by atoms with van der Waals surface area (Å²) in [5, 5.41) is 9.22. The molecule has 0 spiro atoms. The summed E-state index contributed by atoms with van der Waals surface area (Å²) in [7, 11) is -3.69. The zero-order valence-electron chi connectivity index (χ0n) is 10.3. The number of carboxylic acids is 1. The van der Waals surface area contributed by atoms with Gasteiger partial charge in [-0.3, -0.25) is 4.31 Å². The van der Waals surface area contributed by atoms with Crippen LogP contribution in [0.3, 0.4) is 0 Å². The Balaban J connectivity index is 2.51. The molecule has 7 heteroatoms. The van der Waals surface area contributed by atoms with Gasteiger partial charge in [-0.2, -0.15) is 13.1 Å². The third-order valence-corrected chi connectivity index (χ3v) is 4.38. The summed E-state index contributed by atoms with van der Waals surface area (Å²) in [5.74, 6) is -1.14. The van der Waals surface area contributed by atoms with Crippen molar-refractivity contribution in [2.24, 2.45) is 0 Å². The molecule has 1 aromatic rings. The molecule has 0 saturated heterocycles. The smallest absolute Gasteiger partial charge is 0.335 e. The first kappa shape index (κ1) is 13.6. The van der Waals surface area contributed by atoms with Crippen molar-refractivity contribution in [2.75, 3.05) is 6.54 Å². The fourth-order valence-electron chi connectivity index (χ4n) is 1.91. The van der Waals surface area contributed by atoms with Crippen molar-refractivity contribution in [1.29, 1.82) is 0 Å². The molecule has 0 bridgehead atoms. The molecule has 0 radical (unpaired) electrons. The summed E-state index contributed by atoms with van der Waals surface area (Å²) in [5.41, 5.74) is 0.596. The molecule has 1 heterocycles. The van der Waals surface area contributed by atoms with E-state index in [-0.39, 0.29) is 12.1 Å². The summed E-state index contributed by atoms with van der Waals surface area (Å²) in [6.45, 7) is 1.81. The first-order chi connectivity index (χ1) is 8.95. The summed E-state index contributed by atoms with van der Waals surface area (Å²) in [6.07, 6.45) is 1.17. The molecular weight excluding hydrogens is 268 g/mol. The number of nitrogens with zero attached hydrogens (tertiary/aromatic N) is 1. The second-order valence-corrected chi connectivity index (χ2v) is 5.71. The second-order valence-electron chi connectivity index (χ2n) is 4.06. The maximum absolute atomic E-state index is 11.9. The molecule has 0 aliphatic carbocycles. The van der Waals surface area contributed by atoms with Gasteiger partial charge < -0.3 is 5.11 Å². The molecule has 102 valence electrons. The van der Waals surface area contributed by atoms with Gasteiger partial charge in [-0.05, 0) is 12.5 Å². The normalized spacial score (nSPS) is 21.8. The van der Waals surface area contributed by atoms with Crippen molar-refractivity contribution in [1.82, 2.24) is 9.03 Å². The average Bonchev–Trinajstić information content (AvgIpc) is 2.38. The number of aliphatic carboxylic acids is 1. The van der Waals surface area contributed by atoms with E-state index >= 15 is 0 Å². The molecule has 1 aliphatic heterocycles. The highest BCUT2D eigenvalue weighted by Crippen LogP contribution is 2.28. The summed E-state index contributed by atoms with van der Waals surface area (Å²) < 4.78 is 27.3. The standard InChI is InChI=1S/C12H14N2O4S/c1-2-14-8-10(12(15)16)11(13-19(14,17)18)9-6-4-3-5-7-9/h3-8,11,13H,2H2,1H3,(H,15,16). The number of rotatable bonds is 3. The van der Waals surface area contributed by atoms with Crippen molar-refractivity contribution < 1.29 is 18.3 Å². The first-order valence-corrected chi connectivity index (χ1v) is 7.18. The van der Waals surface area contributed by atoms with E-state index in [0.29, 0.717) is 5.56 Å². The Morgan fingerprint density at radius 1 is 1.37 bits per heavy atom. The molecule has 6 nitrogen and oxygen atoms in total. The number of carbonyl (C=O) groups is 1. The third-order valence-electron chi connectivity index (χ3n) is 2.86. The highest BCUT2D eigenvalue weighted by molar-refractivity contribution is 7.87. The lowest BCUT2D eigenvalue weighted by molar-refractivity contribution is -0.133. The molecule has 0 saturated carbocycles. The Bertz CT molecular complexity index is 610. The highest BCUT2D eigenvalue weighted by Gasteiger charge is 2.34. The largest absolute Gasteiger partial charge is 0.478 e. The van der Waals surface area contributed by atoms with Crippen molar-refractivity contribution in [3.63, 3.8) is 0 Å². The monoisotopic (exact) mass is 282 g/mol. The van der Waals surface area contributed by atoms with Gasteiger partial charge in [-0.25, -0.2) is 4.79 Å². The molecule has 0 fully saturated rings. The Kier molecular flexibility index (Phi) is 3.59. The molecule has 19 heavy (non-hydrogen) atoms. The van der Waals surface area contributed by atoms with E-state index in [2.05, 4.69) is 4.72 Å². The predicted octanol–water partition coefficient (Wildman–Crippen LogP) is 0.866. The van der Waals surface area contributed by atoms with E-state index in [0.717, 1.165) is 4.31 Å². The van der Waals surface area contributed by atoms with Crippen LogP contribution >= 0.6 is 0 Å². The molecule has 1 aliphatic rings. The lowest BCUT2D eigenvalue weighted by atomic mass is 10.0. The van der Waals surface area contributed by atoms with E-state index in [1.54, 1.807) is 37.3 Å². The van der Waals surface area contributed by atoms with Crippen LogP contribution in [0.5, 0.6) is 0 Å². The third kappa shape index (κ3) is 2.61. The van der Waals surface area contributed by atoms with Crippen LogP contribution in [-0.2, 0) is 15.0 Å². The molecule has 1 aromatic carbocycles. The molecular formula is C12H14N2O4S. The summed E-state index contributed by atoms with van der Waals surface area (Å²) in [4.78, 5) is 11.3. The van der Waals surface area contributed by atoms with Crippen LogP contribution in [-0.4, -0.2) is 30.3 Å². The zero-order valence-corrected chi connectivity index (χ0v) is 11.1. The highest BCUT2D eigenvalue weighted by atomic mass is 32.2. The van der Waals surface area contributed by atoms with Crippen LogP contribution in [0.15, 0.2) is 42.1 Å². The minimum atomic E-state index is -3.69. The Hall–Kier alpha value is -1.86. The van der Waals surface area contributed by atoms with E-state index < -0.39 is 22.2 Å². The second kappa shape index (κ2) is 5.02. The Morgan fingerprint density at radius 2 is 2.00 bits per heavy atom. The van der Waals surface area contributed by atoms with Gasteiger partial charge in [0, 0.05) is 12.7 Å². The minimum Gasteiger partial charge on any atom is -0.478 e. The van der Waals surface area contributed by atoms with Crippen LogP contribution in [0.4, 0.5) is 0 Å². The summed E-state index contributed by atoms with van der Waals surface area (Å²) in [6, 6.07) is 7.75. The van der Waals surface area contributed by atoms with Crippen LogP contribution < -0.4 is 4.72 Å². The van der Waals surface area contributed by atoms with Gasteiger partial charge in [-0.1, -0.05) is 30.3 Å². The van der Waals surface area contributed by atoms with Gasteiger partial charge in [0.05, 0.1) is 11.6 Å². The van der Waals surface area contributed by atoms with E-state index in [1.165, 1.54) is 6.20 Å². The lowest BCUT2D eigenvalue weighted by Crippen LogP contribution is -2.45. The van der Waals surface area contributed by atoms with Crippen molar-refractivity contribution >= 4 is 16.2 Å². The average molecular weight is 282 g/mol. The number of benzene rings is 1. The maximum atomic E-state index is 11.9. The summed E-state index contributed by atoms with van der Waals surface area (Å²) >= 11 is 0. The first-order valence-electron chi connectivity index (χ1n) is 5.74. The van der Waals surface area contributed by atoms with Crippen molar-refractivity contribution in [2.45, 2.75) is 13.0 Å². The number of hydrogen-bond donors (Lipinski definition) is 2. The predicted molar refractivity (Wildman–Crippen MR) is 69.3 cm³/mol. The van der Waals surface area contributed by atoms with Crippen LogP contribution in [0.1, 0.15) is 18.5 Å². The fourth-order valence-corrected chi connectivity index (χ4v) is 3.20. The quantitative estimate of drug-likeness (QED) is 0.861. The lowest BCUT2D eigenvalue weighted by Gasteiger charge is -2.30. The number of carboxylic acid groups (broad SMARTS) is 1. The maximum Gasteiger partial charge on any atom is 0.335 e. The molecule has 1 atom stereocenters. The van der Waals surface area contributed by atoms with Gasteiger partial charge in [0.25, 0.3) is 0 Å². The van der Waals surface area contributed by atoms with Crippen LogP contribution in [0.2, 0.25) is 0 Å². The molecule has 2 N–H and O–H groups in total. The van der Waals surface area contributed by atoms with Gasteiger partial charge >= 0.3 is 16.2 Å². The van der Waals surface area contributed by atoms with Gasteiger partial charge in [0.15, 0.2) is 0 Å². The molecule has 2 rings (SSSR count). The fraction of sp³-hybridized carbons (Fsp3) is 0.250. The number of nitrogens with one attached hydrogen (secondary N) is 1. The molecule has 0 amide bonds. The number of hydrogen-bond acceptors (Lipinski definition) is 3. The van der Waals surface area contributed by atoms with E-state index in [9.17, 15) is 18.3 Å². The van der Waals surface area contributed by atoms with Crippen LogP contribution in [0.25, 0.3) is 0 Å². The van der Waals surface area contributed by atoms with Crippen LogP contribution in [0, 0.1) is 0 Å². The van der Waals surface area contributed by atoms with E-state index in [1.807, 2.05) is 0 Å². The minimum absolute atomic E-state index is 0.00266. The van der Waals surface area contributed by atoms with E-state index in [4.69, 9.17) is 0 Å². The molecule has 1 unspecified atom stereocenters. The Morgan fingerprint density at radius 3 is 2.53 bits per heavy atom. The van der Waals surface area contributed by atoms with Crippen molar-refractivity contribution in [3.8, 4) is 0 Å². The Labute approximate surface area is 111 Å².